The van der Waals surface area contributed by atoms with Crippen molar-refractivity contribution in [3.05, 3.63) is 88.9 Å². The molecule has 0 spiro atoms. The Morgan fingerprint density at radius 1 is 0.938 bits per heavy atom. The van der Waals surface area contributed by atoms with Gasteiger partial charge in [-0.3, -0.25) is 19.0 Å². The van der Waals surface area contributed by atoms with E-state index in [1.165, 1.54) is 18.3 Å². The second kappa shape index (κ2) is 7.01. The van der Waals surface area contributed by atoms with Crippen LogP contribution in [-0.2, 0) is 13.2 Å². The molecule has 32 heavy (non-hydrogen) atoms. The Morgan fingerprint density at radius 3 is 2.47 bits per heavy atom. The Labute approximate surface area is 178 Å². The molecule has 0 atom stereocenters. The smallest absolute Gasteiger partial charge is 0.276 e. The maximum absolute atomic E-state index is 13.7. The van der Waals surface area contributed by atoms with E-state index in [1.54, 1.807) is 36.3 Å². The molecular formula is C23H14F4N4O. The first-order valence-electron chi connectivity index (χ1n) is 9.53. The maximum Gasteiger partial charge on any atom is 0.418 e. The number of hydrogen-bond acceptors (Lipinski definition) is 3. The highest BCUT2D eigenvalue weighted by atomic mass is 19.4. The number of hydrogen-bond donors (Lipinski definition) is 0. The van der Waals surface area contributed by atoms with Crippen molar-refractivity contribution < 1.29 is 17.6 Å². The highest BCUT2D eigenvalue weighted by Crippen LogP contribution is 2.36. The van der Waals surface area contributed by atoms with E-state index in [4.69, 9.17) is 0 Å². The fraction of sp³-hybridized carbons (Fsp3) is 0.0870. The quantitative estimate of drug-likeness (QED) is 0.285. The van der Waals surface area contributed by atoms with Gasteiger partial charge in [-0.15, -0.1) is 0 Å². The van der Waals surface area contributed by atoms with Crippen LogP contribution < -0.4 is 5.56 Å². The van der Waals surface area contributed by atoms with Gasteiger partial charge in [-0.2, -0.15) is 18.3 Å². The first-order valence-corrected chi connectivity index (χ1v) is 9.53. The van der Waals surface area contributed by atoms with Crippen LogP contribution in [0.15, 0.2) is 71.9 Å². The second-order valence-corrected chi connectivity index (χ2v) is 7.36. The third-order valence-corrected chi connectivity index (χ3v) is 5.26. The van der Waals surface area contributed by atoms with E-state index in [9.17, 15) is 22.4 Å². The van der Waals surface area contributed by atoms with Crippen LogP contribution in [-0.4, -0.2) is 19.3 Å². The number of nitrogens with zero attached hydrogens (tertiary/aromatic N) is 4. The zero-order valence-corrected chi connectivity index (χ0v) is 16.6. The van der Waals surface area contributed by atoms with Gasteiger partial charge in [0.25, 0.3) is 5.56 Å². The molecule has 2 aromatic carbocycles. The number of alkyl halides is 3. The number of halogens is 4. The lowest BCUT2D eigenvalue weighted by Gasteiger charge is -2.18. The Bertz CT molecular complexity index is 1570. The van der Waals surface area contributed by atoms with Crippen molar-refractivity contribution in [1.29, 1.82) is 0 Å². The van der Waals surface area contributed by atoms with E-state index < -0.39 is 28.8 Å². The molecule has 3 aromatic heterocycles. The molecule has 0 saturated carbocycles. The van der Waals surface area contributed by atoms with Crippen molar-refractivity contribution in [2.75, 3.05) is 0 Å². The van der Waals surface area contributed by atoms with E-state index in [0.717, 1.165) is 27.8 Å². The van der Waals surface area contributed by atoms with Crippen molar-refractivity contribution >= 4 is 21.8 Å². The molecule has 0 radical (unpaired) electrons. The Kier molecular flexibility index (Phi) is 4.37. The lowest BCUT2D eigenvalue weighted by Crippen LogP contribution is -2.21. The highest BCUT2D eigenvalue weighted by Gasteiger charge is 2.35. The molecule has 0 aliphatic rings. The fourth-order valence-corrected chi connectivity index (χ4v) is 3.83. The first kappa shape index (κ1) is 19.9. The molecule has 3 heterocycles. The van der Waals surface area contributed by atoms with Gasteiger partial charge in [-0.1, -0.05) is 6.07 Å². The minimum absolute atomic E-state index is 0.255. The van der Waals surface area contributed by atoms with Gasteiger partial charge in [0, 0.05) is 41.8 Å². The van der Waals surface area contributed by atoms with E-state index >= 15 is 0 Å². The molecule has 0 N–H and O–H groups in total. The Balaban J connectivity index is 1.91. The fourth-order valence-electron chi connectivity index (χ4n) is 3.83. The van der Waals surface area contributed by atoms with Crippen LogP contribution in [0.25, 0.3) is 38.6 Å². The maximum atomic E-state index is 13.7. The molecule has 0 fully saturated rings. The second-order valence-electron chi connectivity index (χ2n) is 7.36. The average Bonchev–Trinajstić information content (AvgIpc) is 3.19. The summed E-state index contributed by atoms with van der Waals surface area (Å²) in [5.74, 6) is -1.04. The molecule has 5 nitrogen and oxygen atoms in total. The number of aromatic nitrogens is 4. The lowest BCUT2D eigenvalue weighted by molar-refractivity contribution is -0.137. The van der Waals surface area contributed by atoms with Gasteiger partial charge in [0.2, 0.25) is 0 Å². The number of benzene rings is 2. The van der Waals surface area contributed by atoms with Crippen LogP contribution in [0.2, 0.25) is 0 Å². The van der Waals surface area contributed by atoms with Crippen LogP contribution in [0, 0.1) is 5.82 Å². The molecule has 5 rings (SSSR count). The third kappa shape index (κ3) is 3.22. The van der Waals surface area contributed by atoms with E-state index in [1.807, 2.05) is 6.07 Å². The summed E-state index contributed by atoms with van der Waals surface area (Å²) in [6.07, 6.45) is 0.0972. The van der Waals surface area contributed by atoms with Gasteiger partial charge in [-0.25, -0.2) is 4.39 Å². The molecule has 0 aliphatic heterocycles. The molecular weight excluding hydrogens is 424 g/mol. The predicted octanol–water partition coefficient (Wildman–Crippen LogP) is 5.10. The van der Waals surface area contributed by atoms with Crippen molar-refractivity contribution in [2.24, 2.45) is 7.05 Å². The third-order valence-electron chi connectivity index (χ3n) is 5.26. The largest absolute Gasteiger partial charge is 0.418 e. The van der Waals surface area contributed by atoms with E-state index in [0.29, 0.717) is 22.4 Å². The zero-order valence-electron chi connectivity index (χ0n) is 16.6. The van der Waals surface area contributed by atoms with Crippen LogP contribution in [0.1, 0.15) is 5.56 Å². The van der Waals surface area contributed by atoms with Crippen molar-refractivity contribution in [2.45, 2.75) is 6.18 Å². The normalized spacial score (nSPS) is 12.0. The summed E-state index contributed by atoms with van der Waals surface area (Å²) in [6, 6.07) is 10.3. The first-order chi connectivity index (χ1) is 15.2. The van der Waals surface area contributed by atoms with Gasteiger partial charge in [0.1, 0.15) is 5.82 Å². The van der Waals surface area contributed by atoms with Gasteiger partial charge < -0.3 is 0 Å². The molecule has 0 saturated heterocycles. The van der Waals surface area contributed by atoms with Crippen LogP contribution in [0.5, 0.6) is 0 Å². The Morgan fingerprint density at radius 2 is 1.75 bits per heavy atom. The predicted molar refractivity (Wildman–Crippen MR) is 112 cm³/mol. The SMILES string of the molecule is Cn1cc(-c2ccc3ncc4ccc(=O)n(-c5ccc(F)cc5C(F)(F)F)c4c3c2)cn1. The van der Waals surface area contributed by atoms with Gasteiger partial charge >= 0.3 is 6.18 Å². The molecule has 9 heteroatoms. The number of fused-ring (bicyclic) bond motifs is 3. The summed E-state index contributed by atoms with van der Waals surface area (Å²) in [6.45, 7) is 0. The van der Waals surface area contributed by atoms with Crippen LogP contribution >= 0.6 is 0 Å². The summed E-state index contributed by atoms with van der Waals surface area (Å²) in [7, 11) is 1.77. The van der Waals surface area contributed by atoms with Crippen LogP contribution in [0.4, 0.5) is 17.6 Å². The minimum Gasteiger partial charge on any atom is -0.276 e. The number of pyridine rings is 2. The van der Waals surface area contributed by atoms with E-state index in [-0.39, 0.29) is 5.52 Å². The topological polar surface area (TPSA) is 52.7 Å². The molecule has 0 amide bonds. The van der Waals surface area contributed by atoms with Crippen LogP contribution in [0.3, 0.4) is 0 Å². The average molecular weight is 438 g/mol. The van der Waals surface area contributed by atoms with Crippen molar-refractivity contribution in [3.8, 4) is 16.8 Å². The van der Waals surface area contributed by atoms with Crippen molar-refractivity contribution in [3.63, 3.8) is 0 Å². The molecule has 0 bridgehead atoms. The monoisotopic (exact) mass is 438 g/mol. The summed E-state index contributed by atoms with van der Waals surface area (Å²) >= 11 is 0. The zero-order chi connectivity index (χ0) is 22.6. The molecule has 160 valence electrons. The summed E-state index contributed by atoms with van der Waals surface area (Å²) < 4.78 is 57.5. The standard InChI is InChI=1S/C23H14F4N4O/c1-30-12-15(11-29-30)13-2-5-19-17(8-13)22-14(10-28-19)3-7-21(32)31(22)20-6-4-16(24)9-18(20)23(25,26)27/h2-12H,1H3. The number of aryl methyl sites for hydroxylation is 1. The lowest BCUT2D eigenvalue weighted by atomic mass is 10.0. The molecule has 5 aromatic rings. The summed E-state index contributed by atoms with van der Waals surface area (Å²) in [4.78, 5) is 17.2. The van der Waals surface area contributed by atoms with Gasteiger partial charge in [0.15, 0.2) is 0 Å². The minimum atomic E-state index is -4.86. The number of rotatable bonds is 2. The summed E-state index contributed by atoms with van der Waals surface area (Å²) in [5, 5.41) is 5.10. The highest BCUT2D eigenvalue weighted by molar-refractivity contribution is 6.05. The van der Waals surface area contributed by atoms with Gasteiger partial charge in [-0.05, 0) is 42.0 Å². The molecule has 0 unspecified atom stereocenters. The van der Waals surface area contributed by atoms with Gasteiger partial charge in [0.05, 0.1) is 28.5 Å². The van der Waals surface area contributed by atoms with Crippen molar-refractivity contribution in [1.82, 2.24) is 19.3 Å². The van der Waals surface area contributed by atoms with E-state index in [2.05, 4.69) is 10.1 Å². The molecule has 0 aliphatic carbocycles. The summed E-state index contributed by atoms with van der Waals surface area (Å²) in [5.41, 5.74) is -0.0412. The Hall–Kier alpha value is -4.01.